The number of halogens is 1. The van der Waals surface area contributed by atoms with E-state index >= 15 is 0 Å². The summed E-state index contributed by atoms with van der Waals surface area (Å²) in [6, 6.07) is 0. The molecule has 1 aromatic rings. The van der Waals surface area contributed by atoms with Crippen molar-refractivity contribution in [3.05, 3.63) is 29.7 Å². The van der Waals surface area contributed by atoms with Crippen LogP contribution in [0.4, 0.5) is 5.82 Å². The van der Waals surface area contributed by atoms with Crippen LogP contribution in [0.15, 0.2) is 18.9 Å². The monoisotopic (exact) mass is 228 g/mol. The van der Waals surface area contributed by atoms with E-state index in [1.54, 1.807) is 13.1 Å². The van der Waals surface area contributed by atoms with Crippen LogP contribution in [0.25, 0.3) is 0 Å². The number of amides is 1. The molecule has 3 N–H and O–H groups in total. The van der Waals surface area contributed by atoms with Crippen molar-refractivity contribution in [3.63, 3.8) is 0 Å². The Morgan fingerprint density at radius 3 is 2.67 bits per heavy atom. The van der Waals surface area contributed by atoms with Gasteiger partial charge in [-0.3, -0.25) is 4.79 Å². The van der Waals surface area contributed by atoms with Crippen molar-refractivity contribution in [2.24, 2.45) is 5.73 Å². The van der Waals surface area contributed by atoms with Gasteiger partial charge >= 0.3 is 0 Å². The number of hydrogen-bond donors (Lipinski definition) is 2. The summed E-state index contributed by atoms with van der Waals surface area (Å²) in [5, 5.41) is 2.75. The van der Waals surface area contributed by atoms with Gasteiger partial charge in [0.05, 0.1) is 5.56 Å². The first-order valence-corrected chi connectivity index (χ1v) is 4.51. The van der Waals surface area contributed by atoms with E-state index < -0.39 is 5.91 Å². The minimum absolute atomic E-state index is 0.0735. The van der Waals surface area contributed by atoms with E-state index in [1.807, 2.05) is 6.92 Å². The van der Waals surface area contributed by atoms with E-state index in [1.165, 1.54) is 6.20 Å². The number of anilines is 1. The van der Waals surface area contributed by atoms with Gasteiger partial charge in [0.2, 0.25) is 5.28 Å². The first-order chi connectivity index (χ1) is 7.06. The summed E-state index contributed by atoms with van der Waals surface area (Å²) in [7, 11) is 1.62. The zero-order chi connectivity index (χ0) is 11.8. The highest BCUT2D eigenvalue weighted by atomic mass is 35.5. The third-order valence-electron chi connectivity index (χ3n) is 1.26. The van der Waals surface area contributed by atoms with Crippen molar-refractivity contribution < 1.29 is 4.79 Å². The molecule has 5 nitrogen and oxygen atoms in total. The van der Waals surface area contributed by atoms with E-state index in [-0.39, 0.29) is 10.8 Å². The van der Waals surface area contributed by atoms with Gasteiger partial charge in [0.25, 0.3) is 5.91 Å². The van der Waals surface area contributed by atoms with Crippen LogP contribution in [0.5, 0.6) is 0 Å². The highest BCUT2D eigenvalue weighted by Gasteiger charge is 2.08. The number of rotatable bonds is 2. The molecule has 1 heterocycles. The second-order valence-corrected chi connectivity index (χ2v) is 2.76. The number of nitrogens with zero attached hydrogens (tertiary/aromatic N) is 2. The topological polar surface area (TPSA) is 80.9 Å². The fourth-order valence-corrected chi connectivity index (χ4v) is 0.865. The van der Waals surface area contributed by atoms with Crippen LogP contribution in [0.1, 0.15) is 17.3 Å². The van der Waals surface area contributed by atoms with Crippen LogP contribution >= 0.6 is 11.6 Å². The van der Waals surface area contributed by atoms with Crippen molar-refractivity contribution in [2.45, 2.75) is 6.92 Å². The molecule has 82 valence electrons. The van der Waals surface area contributed by atoms with Gasteiger partial charge in [0.15, 0.2) is 0 Å². The predicted molar refractivity (Wildman–Crippen MR) is 61.0 cm³/mol. The largest absolute Gasteiger partial charge is 0.372 e. The van der Waals surface area contributed by atoms with Gasteiger partial charge in [-0.2, -0.15) is 4.98 Å². The van der Waals surface area contributed by atoms with Gasteiger partial charge in [0, 0.05) is 13.2 Å². The van der Waals surface area contributed by atoms with Crippen LogP contribution in [-0.4, -0.2) is 22.9 Å². The van der Waals surface area contributed by atoms with Crippen LogP contribution in [-0.2, 0) is 0 Å². The Bertz CT molecular complexity index is 354. The Morgan fingerprint density at radius 1 is 1.73 bits per heavy atom. The molecule has 0 saturated heterocycles. The molecule has 0 spiro atoms. The summed E-state index contributed by atoms with van der Waals surface area (Å²) < 4.78 is 0. The van der Waals surface area contributed by atoms with Gasteiger partial charge in [-0.15, -0.1) is 6.58 Å². The molecule has 0 saturated carbocycles. The van der Waals surface area contributed by atoms with Crippen molar-refractivity contribution in [1.29, 1.82) is 0 Å². The number of nitrogens with two attached hydrogens (primary N) is 1. The molecular weight excluding hydrogens is 216 g/mol. The molecule has 0 aliphatic rings. The SMILES string of the molecule is C=CC.CNc1nc(Cl)ncc1C(N)=O. The summed E-state index contributed by atoms with van der Waals surface area (Å²) in [6.07, 6.45) is 3.03. The van der Waals surface area contributed by atoms with Gasteiger partial charge in [-0.05, 0) is 18.5 Å². The standard InChI is InChI=1S/C6H7ClN4O.C3H6/c1-9-5-3(4(8)12)2-10-6(7)11-5;1-3-2/h2H,1H3,(H2,8,12)(H,9,10,11);3H,1H2,2H3. The fourth-order valence-electron chi connectivity index (χ4n) is 0.731. The molecule has 0 bridgehead atoms. The fraction of sp³-hybridized carbons (Fsp3) is 0.222. The van der Waals surface area contributed by atoms with E-state index in [0.717, 1.165) is 0 Å². The van der Waals surface area contributed by atoms with E-state index in [9.17, 15) is 4.79 Å². The Hall–Kier alpha value is -1.62. The molecule has 0 fully saturated rings. The number of aromatic nitrogens is 2. The van der Waals surface area contributed by atoms with Crippen LogP contribution in [0.3, 0.4) is 0 Å². The Morgan fingerprint density at radius 2 is 2.27 bits per heavy atom. The maximum absolute atomic E-state index is 10.8. The average Bonchev–Trinajstić information content (AvgIpc) is 2.18. The van der Waals surface area contributed by atoms with E-state index in [0.29, 0.717) is 5.82 Å². The molecule has 0 aliphatic heterocycles. The Labute approximate surface area is 93.4 Å². The lowest BCUT2D eigenvalue weighted by Gasteiger charge is -2.02. The molecule has 1 amide bonds. The summed E-state index contributed by atoms with van der Waals surface area (Å²) in [5.74, 6) is -0.251. The lowest BCUT2D eigenvalue weighted by atomic mass is 10.3. The second-order valence-electron chi connectivity index (χ2n) is 2.42. The number of hydrogen-bond acceptors (Lipinski definition) is 4. The normalized spacial score (nSPS) is 8.47. The third-order valence-corrected chi connectivity index (χ3v) is 1.44. The summed E-state index contributed by atoms with van der Waals surface area (Å²) in [4.78, 5) is 18.1. The Balaban J connectivity index is 0.000000583. The number of primary amides is 1. The average molecular weight is 229 g/mol. The molecule has 1 rings (SSSR count). The first kappa shape index (κ1) is 13.4. The zero-order valence-electron chi connectivity index (χ0n) is 8.62. The molecule has 15 heavy (non-hydrogen) atoms. The number of carbonyl (C=O) groups excluding carboxylic acids is 1. The van der Waals surface area contributed by atoms with Crippen molar-refractivity contribution in [2.75, 3.05) is 12.4 Å². The highest BCUT2D eigenvalue weighted by molar-refractivity contribution is 6.28. The lowest BCUT2D eigenvalue weighted by Crippen LogP contribution is -2.14. The molecule has 0 atom stereocenters. The van der Waals surface area contributed by atoms with Gasteiger partial charge in [-0.25, -0.2) is 4.98 Å². The predicted octanol–water partition coefficient (Wildman–Crippen LogP) is 1.46. The molecular formula is C9H13ClN4O. The number of carbonyl (C=O) groups is 1. The van der Waals surface area contributed by atoms with Crippen molar-refractivity contribution in [1.82, 2.24) is 9.97 Å². The highest BCUT2D eigenvalue weighted by Crippen LogP contribution is 2.11. The molecule has 0 aromatic carbocycles. The first-order valence-electron chi connectivity index (χ1n) is 4.14. The smallest absolute Gasteiger partial charge is 0.254 e. The van der Waals surface area contributed by atoms with Crippen molar-refractivity contribution in [3.8, 4) is 0 Å². The molecule has 0 radical (unpaired) electrons. The van der Waals surface area contributed by atoms with Crippen LogP contribution in [0, 0.1) is 0 Å². The lowest BCUT2D eigenvalue weighted by molar-refractivity contribution is 0.100. The van der Waals surface area contributed by atoms with Gasteiger partial charge < -0.3 is 11.1 Å². The van der Waals surface area contributed by atoms with Gasteiger partial charge in [0.1, 0.15) is 5.82 Å². The molecule has 6 heteroatoms. The minimum atomic E-state index is -0.587. The third kappa shape index (κ3) is 4.42. The van der Waals surface area contributed by atoms with Crippen LogP contribution in [0.2, 0.25) is 5.28 Å². The number of nitrogens with one attached hydrogen (secondary N) is 1. The van der Waals surface area contributed by atoms with Gasteiger partial charge in [-0.1, -0.05) is 6.08 Å². The summed E-state index contributed by atoms with van der Waals surface area (Å²) in [5.41, 5.74) is 5.26. The van der Waals surface area contributed by atoms with Crippen molar-refractivity contribution >= 4 is 23.3 Å². The Kier molecular flexibility index (Phi) is 6.05. The molecule has 1 aromatic heterocycles. The van der Waals surface area contributed by atoms with E-state index in [4.69, 9.17) is 17.3 Å². The maximum Gasteiger partial charge on any atom is 0.254 e. The zero-order valence-corrected chi connectivity index (χ0v) is 9.38. The maximum atomic E-state index is 10.8. The quantitative estimate of drug-likeness (QED) is 0.593. The van der Waals surface area contributed by atoms with Crippen LogP contribution < -0.4 is 11.1 Å². The second kappa shape index (κ2) is 6.78. The summed E-state index contributed by atoms with van der Waals surface area (Å²) in [6.45, 7) is 5.25. The summed E-state index contributed by atoms with van der Waals surface area (Å²) >= 11 is 5.49. The minimum Gasteiger partial charge on any atom is -0.372 e. The number of allylic oxidation sites excluding steroid dienone is 1. The van der Waals surface area contributed by atoms with E-state index in [2.05, 4.69) is 21.9 Å². The molecule has 0 unspecified atom stereocenters. The molecule has 0 aliphatic carbocycles.